The molecule has 0 fully saturated rings. The summed E-state index contributed by atoms with van der Waals surface area (Å²) in [6, 6.07) is 6.20. The maximum absolute atomic E-state index is 12.6. The predicted molar refractivity (Wildman–Crippen MR) is 84.9 cm³/mol. The minimum atomic E-state index is -0.357. The van der Waals surface area contributed by atoms with Crippen LogP contribution in [0, 0.1) is 0 Å². The van der Waals surface area contributed by atoms with E-state index in [1.54, 1.807) is 31.2 Å². The first-order valence-electron chi connectivity index (χ1n) is 7.36. The second kappa shape index (κ2) is 9.43. The van der Waals surface area contributed by atoms with Gasteiger partial charge in [-0.15, -0.1) is 0 Å². The standard InChI is InChI=1S/C16H22ClNO4/c1-3-14(11-19)18(10-9-15(20)22-4-2)16(21)12-5-7-13(17)8-6-12/h5-8,14,19H,3-4,9-11H2,1-2H3. The molecule has 5 nitrogen and oxygen atoms in total. The van der Waals surface area contributed by atoms with E-state index in [0.717, 1.165) is 0 Å². The fourth-order valence-electron chi connectivity index (χ4n) is 2.10. The molecule has 1 N–H and O–H groups in total. The van der Waals surface area contributed by atoms with Gasteiger partial charge in [-0.25, -0.2) is 0 Å². The first-order valence-corrected chi connectivity index (χ1v) is 7.74. The van der Waals surface area contributed by atoms with Crippen molar-refractivity contribution in [2.24, 2.45) is 0 Å². The SMILES string of the molecule is CCOC(=O)CCN(C(=O)c1ccc(Cl)cc1)C(CC)CO. The number of carbonyl (C=O) groups is 2. The number of esters is 1. The summed E-state index contributed by atoms with van der Waals surface area (Å²) >= 11 is 5.82. The molecule has 0 aliphatic heterocycles. The fourth-order valence-corrected chi connectivity index (χ4v) is 2.23. The Morgan fingerprint density at radius 3 is 2.41 bits per heavy atom. The average Bonchev–Trinajstić information content (AvgIpc) is 2.52. The van der Waals surface area contributed by atoms with E-state index in [9.17, 15) is 14.7 Å². The zero-order valence-corrected chi connectivity index (χ0v) is 13.7. The van der Waals surface area contributed by atoms with Crippen LogP contribution in [0.3, 0.4) is 0 Å². The molecule has 1 amide bonds. The number of halogens is 1. The lowest BCUT2D eigenvalue weighted by Crippen LogP contribution is -2.43. The number of amides is 1. The molecular weight excluding hydrogens is 306 g/mol. The molecule has 0 radical (unpaired) electrons. The van der Waals surface area contributed by atoms with Gasteiger partial charge in [0, 0.05) is 17.1 Å². The van der Waals surface area contributed by atoms with Gasteiger partial charge in [0.05, 0.1) is 25.7 Å². The molecule has 0 spiro atoms. The van der Waals surface area contributed by atoms with Crippen molar-refractivity contribution in [1.29, 1.82) is 0 Å². The van der Waals surface area contributed by atoms with Crippen molar-refractivity contribution in [2.45, 2.75) is 32.7 Å². The molecule has 0 saturated carbocycles. The Morgan fingerprint density at radius 2 is 1.91 bits per heavy atom. The van der Waals surface area contributed by atoms with Crippen molar-refractivity contribution in [1.82, 2.24) is 4.90 Å². The predicted octanol–water partition coefficient (Wildman–Crippen LogP) is 2.51. The van der Waals surface area contributed by atoms with Crippen LogP contribution >= 0.6 is 11.6 Å². The smallest absolute Gasteiger partial charge is 0.307 e. The van der Waals surface area contributed by atoms with Gasteiger partial charge < -0.3 is 14.7 Å². The normalized spacial score (nSPS) is 11.8. The molecule has 1 aromatic carbocycles. The van der Waals surface area contributed by atoms with Crippen molar-refractivity contribution in [3.8, 4) is 0 Å². The number of ether oxygens (including phenoxy) is 1. The zero-order chi connectivity index (χ0) is 16.5. The summed E-state index contributed by atoms with van der Waals surface area (Å²) in [4.78, 5) is 25.6. The maximum Gasteiger partial charge on any atom is 0.307 e. The topological polar surface area (TPSA) is 66.8 Å². The van der Waals surface area contributed by atoms with Gasteiger partial charge in [0.2, 0.25) is 0 Å². The number of hydrogen-bond donors (Lipinski definition) is 1. The van der Waals surface area contributed by atoms with Crippen LogP contribution in [0.15, 0.2) is 24.3 Å². The second-order valence-corrected chi connectivity index (χ2v) is 5.24. The Hall–Kier alpha value is -1.59. The lowest BCUT2D eigenvalue weighted by Gasteiger charge is -2.29. The molecule has 122 valence electrons. The number of hydrogen-bond acceptors (Lipinski definition) is 4. The lowest BCUT2D eigenvalue weighted by atomic mass is 10.1. The van der Waals surface area contributed by atoms with Gasteiger partial charge >= 0.3 is 5.97 Å². The van der Waals surface area contributed by atoms with Gasteiger partial charge in [0.15, 0.2) is 0 Å². The summed E-state index contributed by atoms with van der Waals surface area (Å²) in [6.45, 7) is 3.98. The molecule has 6 heteroatoms. The van der Waals surface area contributed by atoms with Crippen LogP contribution in [0.25, 0.3) is 0 Å². The van der Waals surface area contributed by atoms with Crippen LogP contribution in [0.1, 0.15) is 37.0 Å². The van der Waals surface area contributed by atoms with Gasteiger partial charge in [-0.1, -0.05) is 18.5 Å². The van der Waals surface area contributed by atoms with Gasteiger partial charge in [-0.2, -0.15) is 0 Å². The number of nitrogens with zero attached hydrogens (tertiary/aromatic N) is 1. The van der Waals surface area contributed by atoms with Crippen LogP contribution < -0.4 is 0 Å². The van der Waals surface area contributed by atoms with E-state index in [1.165, 1.54) is 4.90 Å². The molecule has 0 aliphatic carbocycles. The van der Waals surface area contributed by atoms with Crippen molar-refractivity contribution in [3.05, 3.63) is 34.9 Å². The van der Waals surface area contributed by atoms with Crippen LogP contribution in [0.2, 0.25) is 5.02 Å². The van der Waals surface area contributed by atoms with E-state index >= 15 is 0 Å². The molecule has 1 atom stereocenters. The number of carbonyl (C=O) groups excluding carboxylic acids is 2. The van der Waals surface area contributed by atoms with Gasteiger partial charge in [-0.05, 0) is 37.6 Å². The van der Waals surface area contributed by atoms with E-state index in [1.807, 2.05) is 6.92 Å². The largest absolute Gasteiger partial charge is 0.466 e. The molecule has 0 bridgehead atoms. The van der Waals surface area contributed by atoms with Crippen molar-refractivity contribution < 1.29 is 19.4 Å². The summed E-state index contributed by atoms with van der Waals surface area (Å²) in [5.41, 5.74) is 0.472. The van der Waals surface area contributed by atoms with Gasteiger partial charge in [0.25, 0.3) is 5.91 Å². The fraction of sp³-hybridized carbons (Fsp3) is 0.500. The molecule has 0 saturated heterocycles. The Labute approximate surface area is 135 Å². The zero-order valence-electron chi connectivity index (χ0n) is 12.9. The number of benzene rings is 1. The molecule has 0 aromatic heterocycles. The molecule has 0 heterocycles. The van der Waals surface area contributed by atoms with E-state index in [4.69, 9.17) is 16.3 Å². The number of rotatable bonds is 8. The minimum Gasteiger partial charge on any atom is -0.466 e. The molecule has 22 heavy (non-hydrogen) atoms. The van der Waals surface area contributed by atoms with E-state index in [-0.39, 0.29) is 37.5 Å². The highest BCUT2D eigenvalue weighted by Crippen LogP contribution is 2.15. The highest BCUT2D eigenvalue weighted by Gasteiger charge is 2.23. The first-order chi connectivity index (χ1) is 10.5. The van der Waals surface area contributed by atoms with Crippen molar-refractivity contribution in [2.75, 3.05) is 19.8 Å². The average molecular weight is 328 g/mol. The molecule has 1 aromatic rings. The summed E-state index contributed by atoms with van der Waals surface area (Å²) in [5.74, 6) is -0.592. The quantitative estimate of drug-likeness (QED) is 0.745. The summed E-state index contributed by atoms with van der Waals surface area (Å²) < 4.78 is 4.88. The molecule has 1 unspecified atom stereocenters. The van der Waals surface area contributed by atoms with Gasteiger partial charge in [0.1, 0.15) is 0 Å². The monoisotopic (exact) mass is 327 g/mol. The van der Waals surface area contributed by atoms with Crippen LogP contribution in [-0.2, 0) is 9.53 Å². The third kappa shape index (κ3) is 5.31. The minimum absolute atomic E-state index is 0.101. The maximum atomic E-state index is 12.6. The third-order valence-electron chi connectivity index (χ3n) is 3.34. The Kier molecular flexibility index (Phi) is 7.91. The Bertz CT molecular complexity index is 485. The lowest BCUT2D eigenvalue weighted by molar-refractivity contribution is -0.143. The molecular formula is C16H22ClNO4. The van der Waals surface area contributed by atoms with Crippen LogP contribution in [0.4, 0.5) is 0 Å². The van der Waals surface area contributed by atoms with Crippen LogP contribution in [0.5, 0.6) is 0 Å². The second-order valence-electron chi connectivity index (χ2n) is 4.81. The summed E-state index contributed by atoms with van der Waals surface area (Å²) in [6.07, 6.45) is 0.697. The van der Waals surface area contributed by atoms with E-state index in [2.05, 4.69) is 0 Å². The molecule has 1 rings (SSSR count). The van der Waals surface area contributed by atoms with Crippen molar-refractivity contribution in [3.63, 3.8) is 0 Å². The summed E-state index contributed by atoms with van der Waals surface area (Å²) in [7, 11) is 0. The van der Waals surface area contributed by atoms with Crippen LogP contribution in [-0.4, -0.2) is 47.7 Å². The number of aliphatic hydroxyl groups excluding tert-OH is 1. The van der Waals surface area contributed by atoms with E-state index in [0.29, 0.717) is 23.6 Å². The third-order valence-corrected chi connectivity index (χ3v) is 3.59. The Morgan fingerprint density at radius 1 is 1.27 bits per heavy atom. The Balaban J connectivity index is 2.86. The molecule has 0 aliphatic rings. The number of aliphatic hydroxyl groups is 1. The highest BCUT2D eigenvalue weighted by atomic mass is 35.5. The first kappa shape index (κ1) is 18.5. The van der Waals surface area contributed by atoms with Crippen molar-refractivity contribution >= 4 is 23.5 Å². The van der Waals surface area contributed by atoms with Gasteiger partial charge in [-0.3, -0.25) is 9.59 Å². The highest BCUT2D eigenvalue weighted by molar-refractivity contribution is 6.30. The summed E-state index contributed by atoms with van der Waals surface area (Å²) in [5, 5.41) is 10.0. The van der Waals surface area contributed by atoms with E-state index < -0.39 is 0 Å².